The third-order valence-corrected chi connectivity index (χ3v) is 5.69. The van der Waals surface area contributed by atoms with Crippen LogP contribution in [0.1, 0.15) is 25.5 Å². The van der Waals surface area contributed by atoms with E-state index in [4.69, 9.17) is 9.15 Å². The Labute approximate surface area is 126 Å². The third-order valence-electron chi connectivity index (χ3n) is 3.83. The van der Waals surface area contributed by atoms with E-state index in [0.29, 0.717) is 31.4 Å². The highest BCUT2D eigenvalue weighted by Crippen LogP contribution is 2.37. The molecule has 1 heterocycles. The first kappa shape index (κ1) is 16.5. The summed E-state index contributed by atoms with van der Waals surface area (Å²) in [4.78, 5) is 0. The number of sulfonamides is 1. The topological polar surface area (TPSA) is 71.8 Å². The van der Waals surface area contributed by atoms with Crippen LogP contribution in [-0.2, 0) is 21.3 Å². The van der Waals surface area contributed by atoms with E-state index >= 15 is 0 Å². The van der Waals surface area contributed by atoms with Gasteiger partial charge in [0.25, 0.3) is 10.0 Å². The first-order valence-electron chi connectivity index (χ1n) is 7.24. The minimum Gasteiger partial charge on any atom is -0.447 e. The van der Waals surface area contributed by atoms with Crippen molar-refractivity contribution in [3.8, 4) is 0 Å². The molecule has 6 nitrogen and oxygen atoms in total. The van der Waals surface area contributed by atoms with Crippen molar-refractivity contribution in [1.29, 1.82) is 0 Å². The molecule has 1 aromatic rings. The lowest BCUT2D eigenvalue weighted by Gasteiger charge is -2.27. The molecule has 0 saturated heterocycles. The molecule has 1 N–H and O–H groups in total. The molecule has 120 valence electrons. The molecule has 0 bridgehead atoms. The van der Waals surface area contributed by atoms with Gasteiger partial charge >= 0.3 is 0 Å². The second-order valence-corrected chi connectivity index (χ2v) is 7.26. The second kappa shape index (κ2) is 6.91. The molecule has 21 heavy (non-hydrogen) atoms. The minimum atomic E-state index is -3.62. The van der Waals surface area contributed by atoms with Gasteiger partial charge in [0, 0.05) is 19.7 Å². The number of hydrogen-bond acceptors (Lipinski definition) is 5. The predicted molar refractivity (Wildman–Crippen MR) is 79.4 cm³/mol. The van der Waals surface area contributed by atoms with Crippen molar-refractivity contribution in [2.45, 2.75) is 37.4 Å². The number of furan rings is 1. The van der Waals surface area contributed by atoms with E-state index in [2.05, 4.69) is 5.32 Å². The number of nitrogens with zero attached hydrogens (tertiary/aromatic N) is 1. The van der Waals surface area contributed by atoms with Gasteiger partial charge in [0.2, 0.25) is 5.09 Å². The van der Waals surface area contributed by atoms with Crippen molar-refractivity contribution in [1.82, 2.24) is 9.62 Å². The van der Waals surface area contributed by atoms with E-state index in [1.54, 1.807) is 20.2 Å². The Kier molecular flexibility index (Phi) is 5.43. The van der Waals surface area contributed by atoms with Crippen molar-refractivity contribution >= 4 is 10.0 Å². The molecule has 0 spiro atoms. The molecule has 0 aliphatic heterocycles. The van der Waals surface area contributed by atoms with Gasteiger partial charge < -0.3 is 14.5 Å². The first-order chi connectivity index (χ1) is 10.0. The van der Waals surface area contributed by atoms with Crippen LogP contribution in [0.15, 0.2) is 21.6 Å². The van der Waals surface area contributed by atoms with Crippen LogP contribution in [-0.4, -0.2) is 46.1 Å². The molecule has 0 amide bonds. The molecule has 1 fully saturated rings. The molecule has 1 aromatic heterocycles. The molecule has 1 unspecified atom stereocenters. The average molecular weight is 316 g/mol. The number of rotatable bonds is 9. The van der Waals surface area contributed by atoms with Crippen LogP contribution in [0.25, 0.3) is 0 Å². The maximum atomic E-state index is 12.8. The molecule has 1 aliphatic carbocycles. The lowest BCUT2D eigenvalue weighted by atomic mass is 10.2. The maximum Gasteiger partial charge on any atom is 0.276 e. The van der Waals surface area contributed by atoms with Crippen molar-refractivity contribution < 1.29 is 17.6 Å². The third kappa shape index (κ3) is 3.85. The molecule has 2 rings (SSSR count). The van der Waals surface area contributed by atoms with Gasteiger partial charge in [0.15, 0.2) is 0 Å². The van der Waals surface area contributed by atoms with Gasteiger partial charge in [-0.05, 0) is 44.9 Å². The lowest BCUT2D eigenvalue weighted by Crippen LogP contribution is -2.41. The maximum absolute atomic E-state index is 12.8. The van der Waals surface area contributed by atoms with E-state index < -0.39 is 10.0 Å². The molecule has 0 aromatic carbocycles. The summed E-state index contributed by atoms with van der Waals surface area (Å²) in [7, 11) is -0.254. The van der Waals surface area contributed by atoms with E-state index in [-0.39, 0.29) is 11.1 Å². The highest BCUT2D eigenvalue weighted by Gasteiger charge is 2.39. The molecular formula is C14H24N2O4S. The number of ether oxygens (including phenoxy) is 1. The van der Waals surface area contributed by atoms with Crippen LogP contribution in [0.4, 0.5) is 0 Å². The second-order valence-electron chi connectivity index (χ2n) is 5.44. The number of nitrogens with one attached hydrogen (secondary N) is 1. The quantitative estimate of drug-likeness (QED) is 0.746. The van der Waals surface area contributed by atoms with Crippen molar-refractivity contribution in [2.75, 3.05) is 27.3 Å². The summed E-state index contributed by atoms with van der Waals surface area (Å²) in [5.41, 5.74) is 0. The van der Waals surface area contributed by atoms with Crippen LogP contribution in [0.5, 0.6) is 0 Å². The number of methoxy groups -OCH3 is 1. The molecule has 1 aliphatic rings. The first-order valence-corrected chi connectivity index (χ1v) is 8.68. The van der Waals surface area contributed by atoms with Crippen LogP contribution in [0.2, 0.25) is 0 Å². The van der Waals surface area contributed by atoms with Crippen LogP contribution >= 0.6 is 0 Å². The van der Waals surface area contributed by atoms with E-state index in [1.165, 1.54) is 10.4 Å². The highest BCUT2D eigenvalue weighted by atomic mass is 32.2. The Morgan fingerprint density at radius 1 is 1.48 bits per heavy atom. The zero-order valence-corrected chi connectivity index (χ0v) is 13.6. The summed E-state index contributed by atoms with van der Waals surface area (Å²) in [6, 6.07) is 3.20. The Balaban J connectivity index is 2.22. The standard InChI is InChI=1S/C14H24N2O4S/c1-11(12-4-5-12)16(8-9-19-3)21(17,18)14-7-6-13(20-14)10-15-2/h6-7,11-12,15H,4-5,8-10H2,1-3H3. The zero-order valence-electron chi connectivity index (χ0n) is 12.8. The fraction of sp³-hybridized carbons (Fsp3) is 0.714. The largest absolute Gasteiger partial charge is 0.447 e. The SMILES string of the molecule is CNCc1ccc(S(=O)(=O)N(CCOC)C(C)C2CC2)o1. The smallest absolute Gasteiger partial charge is 0.276 e. The Morgan fingerprint density at radius 2 is 2.19 bits per heavy atom. The van der Waals surface area contributed by atoms with Crippen molar-refractivity contribution in [3.05, 3.63) is 17.9 Å². The van der Waals surface area contributed by atoms with Gasteiger partial charge in [-0.1, -0.05) is 0 Å². The summed E-state index contributed by atoms with van der Waals surface area (Å²) >= 11 is 0. The van der Waals surface area contributed by atoms with Gasteiger partial charge in [-0.25, -0.2) is 8.42 Å². The van der Waals surface area contributed by atoms with Crippen molar-refractivity contribution in [3.63, 3.8) is 0 Å². The van der Waals surface area contributed by atoms with Crippen LogP contribution in [0.3, 0.4) is 0 Å². The van der Waals surface area contributed by atoms with Crippen molar-refractivity contribution in [2.24, 2.45) is 5.92 Å². The normalized spacial score (nSPS) is 17.3. The summed E-state index contributed by atoms with van der Waals surface area (Å²) in [5.74, 6) is 1.06. The Hall–Kier alpha value is -0.890. The van der Waals surface area contributed by atoms with Crippen LogP contribution < -0.4 is 5.32 Å². The molecular weight excluding hydrogens is 292 g/mol. The molecule has 0 radical (unpaired) electrons. The van der Waals surface area contributed by atoms with E-state index in [1.807, 2.05) is 6.92 Å². The minimum absolute atomic E-state index is 0.0105. The van der Waals surface area contributed by atoms with Gasteiger partial charge in [0.05, 0.1) is 13.2 Å². The summed E-state index contributed by atoms with van der Waals surface area (Å²) in [6.45, 7) is 3.19. The monoisotopic (exact) mass is 316 g/mol. The average Bonchev–Trinajstić information content (AvgIpc) is 3.19. The van der Waals surface area contributed by atoms with Gasteiger partial charge in [-0.15, -0.1) is 0 Å². The van der Waals surface area contributed by atoms with E-state index in [0.717, 1.165) is 12.8 Å². The Bertz CT molecular complexity index is 551. The summed E-state index contributed by atoms with van der Waals surface area (Å²) < 4.78 is 37.6. The molecule has 7 heteroatoms. The predicted octanol–water partition coefficient (Wildman–Crippen LogP) is 1.43. The van der Waals surface area contributed by atoms with Gasteiger partial charge in [-0.3, -0.25) is 0 Å². The summed E-state index contributed by atoms with van der Waals surface area (Å²) in [5, 5.41) is 2.95. The molecule has 1 saturated carbocycles. The summed E-state index contributed by atoms with van der Waals surface area (Å²) in [6.07, 6.45) is 2.17. The van der Waals surface area contributed by atoms with Gasteiger partial charge in [0.1, 0.15) is 5.76 Å². The lowest BCUT2D eigenvalue weighted by molar-refractivity contribution is 0.163. The number of hydrogen-bond donors (Lipinski definition) is 1. The van der Waals surface area contributed by atoms with Gasteiger partial charge in [-0.2, -0.15) is 4.31 Å². The zero-order chi connectivity index (χ0) is 15.5. The van der Waals surface area contributed by atoms with E-state index in [9.17, 15) is 8.42 Å². The molecule has 1 atom stereocenters. The fourth-order valence-electron chi connectivity index (χ4n) is 2.42. The fourth-order valence-corrected chi connectivity index (χ4v) is 4.03. The Morgan fingerprint density at radius 3 is 2.76 bits per heavy atom. The highest BCUT2D eigenvalue weighted by molar-refractivity contribution is 7.89. The van der Waals surface area contributed by atoms with Crippen LogP contribution in [0, 0.1) is 5.92 Å².